The lowest BCUT2D eigenvalue weighted by molar-refractivity contribution is -0.114. The van der Waals surface area contributed by atoms with Crippen LogP contribution in [-0.2, 0) is 9.59 Å². The summed E-state index contributed by atoms with van der Waals surface area (Å²) < 4.78 is 0. The smallest absolute Gasteiger partial charge is 0.266 e. The first-order valence-electron chi connectivity index (χ1n) is 7.36. The van der Waals surface area contributed by atoms with E-state index in [2.05, 4.69) is 10.6 Å². The number of nitrogens with one attached hydrogen (secondary N) is 2. The highest BCUT2D eigenvalue weighted by Gasteiger charge is 2.10. The number of hydrogen-bond donors (Lipinski definition) is 2. The molecule has 2 N–H and O–H groups in total. The molecule has 24 heavy (non-hydrogen) atoms. The Bertz CT molecular complexity index is 830. The van der Waals surface area contributed by atoms with Crippen molar-refractivity contribution in [3.63, 3.8) is 0 Å². The van der Waals surface area contributed by atoms with Crippen LogP contribution in [0.3, 0.4) is 0 Å². The molecule has 0 aliphatic heterocycles. The van der Waals surface area contributed by atoms with Crippen molar-refractivity contribution in [2.75, 3.05) is 10.6 Å². The van der Waals surface area contributed by atoms with E-state index < -0.39 is 5.91 Å². The molecule has 0 unspecified atom stereocenters. The molecule has 0 spiro atoms. The molecule has 2 aromatic rings. The van der Waals surface area contributed by atoms with E-state index in [1.165, 1.54) is 6.92 Å². The molecule has 0 fully saturated rings. The second-order valence-electron chi connectivity index (χ2n) is 5.24. The molecular weight excluding hydrogens is 302 g/mol. The van der Waals surface area contributed by atoms with Crippen LogP contribution in [0.5, 0.6) is 0 Å². The Morgan fingerprint density at radius 1 is 1.00 bits per heavy atom. The van der Waals surface area contributed by atoms with E-state index in [4.69, 9.17) is 0 Å². The molecule has 0 aliphatic rings. The van der Waals surface area contributed by atoms with Crippen molar-refractivity contribution in [1.82, 2.24) is 0 Å². The van der Waals surface area contributed by atoms with Crippen molar-refractivity contribution in [3.05, 3.63) is 65.2 Å². The Hall–Kier alpha value is -3.39. The first-order chi connectivity index (χ1) is 11.5. The minimum atomic E-state index is -0.479. The molecule has 2 rings (SSSR count). The van der Waals surface area contributed by atoms with Gasteiger partial charge in [0.05, 0.1) is 0 Å². The Morgan fingerprint density at radius 2 is 1.58 bits per heavy atom. The number of aryl methyl sites for hydroxylation is 1. The monoisotopic (exact) mass is 319 g/mol. The van der Waals surface area contributed by atoms with Crippen molar-refractivity contribution in [1.29, 1.82) is 5.26 Å². The van der Waals surface area contributed by atoms with Gasteiger partial charge in [-0.3, -0.25) is 9.59 Å². The molecule has 0 saturated carbocycles. The number of nitrogens with zero attached hydrogens (tertiary/aromatic N) is 1. The highest BCUT2D eigenvalue weighted by molar-refractivity contribution is 6.09. The fourth-order valence-corrected chi connectivity index (χ4v) is 2.09. The number of carbonyl (C=O) groups is 2. The van der Waals surface area contributed by atoms with Crippen LogP contribution in [0.1, 0.15) is 18.1 Å². The van der Waals surface area contributed by atoms with E-state index in [-0.39, 0.29) is 11.5 Å². The summed E-state index contributed by atoms with van der Waals surface area (Å²) in [7, 11) is 0. The first-order valence-corrected chi connectivity index (χ1v) is 7.36. The quantitative estimate of drug-likeness (QED) is 0.668. The molecule has 0 heterocycles. The average molecular weight is 319 g/mol. The molecule has 0 bridgehead atoms. The topological polar surface area (TPSA) is 82.0 Å². The largest absolute Gasteiger partial charge is 0.326 e. The standard InChI is InChI=1S/C19H17N3O2/c1-13-5-3-4-6-15(13)11-16(12-20)19(24)22-18-9-7-17(8-10-18)21-14(2)23/h3-11H,1-2H3,(H,21,23)(H,22,24)/b16-11+. The van der Waals surface area contributed by atoms with Gasteiger partial charge >= 0.3 is 0 Å². The Labute approximate surface area is 140 Å². The van der Waals surface area contributed by atoms with Gasteiger partial charge in [0.25, 0.3) is 5.91 Å². The summed E-state index contributed by atoms with van der Waals surface area (Å²) >= 11 is 0. The number of nitriles is 1. The summed E-state index contributed by atoms with van der Waals surface area (Å²) in [6, 6.07) is 16.1. The second-order valence-corrected chi connectivity index (χ2v) is 5.24. The number of rotatable bonds is 4. The summed E-state index contributed by atoms with van der Waals surface area (Å²) in [5, 5.41) is 14.6. The lowest BCUT2D eigenvalue weighted by Crippen LogP contribution is -2.13. The maximum absolute atomic E-state index is 12.3. The van der Waals surface area contributed by atoms with Crippen LogP contribution in [-0.4, -0.2) is 11.8 Å². The van der Waals surface area contributed by atoms with Crippen molar-refractivity contribution in [3.8, 4) is 6.07 Å². The summed E-state index contributed by atoms with van der Waals surface area (Å²) in [6.45, 7) is 3.34. The Balaban J connectivity index is 2.14. The zero-order valence-electron chi connectivity index (χ0n) is 13.5. The highest BCUT2D eigenvalue weighted by atomic mass is 16.2. The van der Waals surface area contributed by atoms with Crippen molar-refractivity contribution >= 4 is 29.3 Å². The number of benzene rings is 2. The molecule has 0 atom stereocenters. The normalized spacial score (nSPS) is 10.6. The van der Waals surface area contributed by atoms with Crippen LogP contribution in [0.15, 0.2) is 54.1 Å². The molecular formula is C19H17N3O2. The van der Waals surface area contributed by atoms with E-state index in [1.807, 2.05) is 37.3 Å². The average Bonchev–Trinajstić information content (AvgIpc) is 2.55. The minimum absolute atomic E-state index is 0.0234. The predicted molar refractivity (Wildman–Crippen MR) is 94.1 cm³/mol. The number of anilines is 2. The number of amides is 2. The Kier molecular flexibility index (Phi) is 5.48. The van der Waals surface area contributed by atoms with Gasteiger partial charge in [0.2, 0.25) is 5.91 Å². The third-order valence-electron chi connectivity index (χ3n) is 3.32. The third kappa shape index (κ3) is 4.55. The van der Waals surface area contributed by atoms with E-state index in [0.29, 0.717) is 11.4 Å². The van der Waals surface area contributed by atoms with E-state index >= 15 is 0 Å². The van der Waals surface area contributed by atoms with Crippen molar-refractivity contribution in [2.45, 2.75) is 13.8 Å². The van der Waals surface area contributed by atoms with Gasteiger partial charge in [-0.05, 0) is 48.4 Å². The summed E-state index contributed by atoms with van der Waals surface area (Å²) in [6.07, 6.45) is 1.57. The lowest BCUT2D eigenvalue weighted by atomic mass is 10.1. The maximum atomic E-state index is 12.3. The highest BCUT2D eigenvalue weighted by Crippen LogP contribution is 2.16. The summed E-state index contributed by atoms with van der Waals surface area (Å²) in [5.41, 5.74) is 3.01. The summed E-state index contributed by atoms with van der Waals surface area (Å²) in [5.74, 6) is -0.646. The molecule has 2 aromatic carbocycles. The van der Waals surface area contributed by atoms with Gasteiger partial charge in [0.1, 0.15) is 11.6 Å². The lowest BCUT2D eigenvalue weighted by Gasteiger charge is -2.07. The van der Waals surface area contributed by atoms with E-state index in [0.717, 1.165) is 11.1 Å². The molecule has 5 heteroatoms. The van der Waals surface area contributed by atoms with Crippen LogP contribution in [0.2, 0.25) is 0 Å². The van der Waals surface area contributed by atoms with Crippen LogP contribution < -0.4 is 10.6 Å². The number of hydrogen-bond acceptors (Lipinski definition) is 3. The maximum Gasteiger partial charge on any atom is 0.266 e. The van der Waals surface area contributed by atoms with E-state index in [9.17, 15) is 14.9 Å². The van der Waals surface area contributed by atoms with Crippen LogP contribution in [0, 0.1) is 18.3 Å². The molecule has 0 radical (unpaired) electrons. The fourth-order valence-electron chi connectivity index (χ4n) is 2.09. The molecule has 2 amide bonds. The van der Waals surface area contributed by atoms with E-state index in [1.54, 1.807) is 30.3 Å². The van der Waals surface area contributed by atoms with Crippen LogP contribution in [0.4, 0.5) is 11.4 Å². The van der Waals surface area contributed by atoms with Gasteiger partial charge < -0.3 is 10.6 Å². The molecule has 0 aromatic heterocycles. The van der Waals surface area contributed by atoms with Gasteiger partial charge in [0, 0.05) is 18.3 Å². The number of carbonyl (C=O) groups excluding carboxylic acids is 2. The molecule has 0 aliphatic carbocycles. The fraction of sp³-hybridized carbons (Fsp3) is 0.105. The summed E-state index contributed by atoms with van der Waals surface area (Å²) in [4.78, 5) is 23.2. The first kappa shape index (κ1) is 17.0. The predicted octanol–water partition coefficient (Wildman–Crippen LogP) is 3.50. The molecule has 120 valence electrons. The van der Waals surface area contributed by atoms with Crippen molar-refractivity contribution in [2.24, 2.45) is 0 Å². The second kappa shape index (κ2) is 7.75. The Morgan fingerprint density at radius 3 is 2.12 bits per heavy atom. The van der Waals surface area contributed by atoms with Crippen molar-refractivity contribution < 1.29 is 9.59 Å². The zero-order valence-corrected chi connectivity index (χ0v) is 13.5. The SMILES string of the molecule is CC(=O)Nc1ccc(NC(=O)/C(C#N)=C/c2ccccc2C)cc1. The van der Waals surface area contributed by atoms with Gasteiger partial charge in [-0.2, -0.15) is 5.26 Å². The minimum Gasteiger partial charge on any atom is -0.326 e. The van der Waals surface area contributed by atoms with Gasteiger partial charge in [-0.1, -0.05) is 24.3 Å². The van der Waals surface area contributed by atoms with Crippen LogP contribution >= 0.6 is 0 Å². The van der Waals surface area contributed by atoms with Gasteiger partial charge in [0.15, 0.2) is 0 Å². The molecule has 5 nitrogen and oxygen atoms in total. The molecule has 0 saturated heterocycles. The van der Waals surface area contributed by atoms with Gasteiger partial charge in [-0.25, -0.2) is 0 Å². The zero-order chi connectivity index (χ0) is 17.5. The van der Waals surface area contributed by atoms with Crippen LogP contribution in [0.25, 0.3) is 6.08 Å². The van der Waals surface area contributed by atoms with Gasteiger partial charge in [-0.15, -0.1) is 0 Å². The third-order valence-corrected chi connectivity index (χ3v) is 3.32.